The first-order chi connectivity index (χ1) is 17.6. The Labute approximate surface area is 219 Å². The van der Waals surface area contributed by atoms with Crippen LogP contribution in [-0.4, -0.2) is 0 Å². The SMILES string of the molecule is Cc1c(C)c(C)c(-c2ccc(C(F)(F)Oc3ccc(C4CCC(C/C=C/F)CC4)cc3)cc2)c(C)c1C. The summed E-state index contributed by atoms with van der Waals surface area (Å²) in [7, 11) is 0. The van der Waals surface area contributed by atoms with Crippen molar-refractivity contribution >= 4 is 0 Å². The van der Waals surface area contributed by atoms with Gasteiger partial charge in [-0.25, -0.2) is 4.39 Å². The van der Waals surface area contributed by atoms with Crippen LogP contribution < -0.4 is 4.74 Å². The Morgan fingerprint density at radius 1 is 0.757 bits per heavy atom. The maximum absolute atomic E-state index is 15.1. The van der Waals surface area contributed by atoms with E-state index in [4.69, 9.17) is 4.74 Å². The summed E-state index contributed by atoms with van der Waals surface area (Å²) in [5.41, 5.74) is 9.14. The molecule has 0 aliphatic heterocycles. The molecule has 0 radical (unpaired) electrons. The van der Waals surface area contributed by atoms with E-state index in [-0.39, 0.29) is 11.3 Å². The van der Waals surface area contributed by atoms with Gasteiger partial charge in [-0.2, -0.15) is 8.78 Å². The topological polar surface area (TPSA) is 9.23 Å². The molecule has 3 aromatic rings. The number of ether oxygens (including phenoxy) is 1. The van der Waals surface area contributed by atoms with E-state index >= 15 is 8.78 Å². The molecule has 0 amide bonds. The molecular weight excluding hydrogens is 469 g/mol. The Hall–Kier alpha value is -3.01. The van der Waals surface area contributed by atoms with Crippen molar-refractivity contribution in [1.29, 1.82) is 0 Å². The smallest absolute Gasteiger partial charge is 0.426 e. The predicted octanol–water partition coefficient (Wildman–Crippen LogP) is 10.2. The molecule has 4 rings (SSSR count). The zero-order valence-corrected chi connectivity index (χ0v) is 22.5. The van der Waals surface area contributed by atoms with Crippen molar-refractivity contribution in [3.63, 3.8) is 0 Å². The van der Waals surface area contributed by atoms with Crippen LogP contribution >= 0.6 is 0 Å². The lowest BCUT2D eigenvalue weighted by Crippen LogP contribution is -2.21. The van der Waals surface area contributed by atoms with Gasteiger partial charge in [-0.15, -0.1) is 0 Å². The molecule has 4 heteroatoms. The van der Waals surface area contributed by atoms with E-state index in [1.54, 1.807) is 30.3 Å². The zero-order chi connectivity index (χ0) is 26.7. The first-order valence-electron chi connectivity index (χ1n) is 13.2. The number of halogens is 3. The summed E-state index contributed by atoms with van der Waals surface area (Å²) >= 11 is 0. The summed E-state index contributed by atoms with van der Waals surface area (Å²) < 4.78 is 47.5. The molecule has 1 fully saturated rings. The molecule has 0 aromatic heterocycles. The van der Waals surface area contributed by atoms with Crippen molar-refractivity contribution in [2.75, 3.05) is 0 Å². The fraction of sp³-hybridized carbons (Fsp3) is 0.394. The van der Waals surface area contributed by atoms with Gasteiger partial charge in [-0.1, -0.05) is 30.3 Å². The summed E-state index contributed by atoms with van der Waals surface area (Å²) in [6.45, 7) is 10.5. The van der Waals surface area contributed by atoms with Crippen LogP contribution in [0.4, 0.5) is 13.2 Å². The summed E-state index contributed by atoms with van der Waals surface area (Å²) in [4.78, 5) is 0. The van der Waals surface area contributed by atoms with Crippen LogP contribution in [0, 0.1) is 40.5 Å². The summed E-state index contributed by atoms with van der Waals surface area (Å²) in [5, 5.41) is 0. The number of benzene rings is 3. The second kappa shape index (κ2) is 11.2. The Balaban J connectivity index is 1.45. The summed E-state index contributed by atoms with van der Waals surface area (Å²) in [6.07, 6.45) is 3.75. The molecule has 3 aromatic carbocycles. The third kappa shape index (κ3) is 5.79. The summed E-state index contributed by atoms with van der Waals surface area (Å²) in [5.74, 6) is 1.09. The van der Waals surface area contributed by atoms with Gasteiger partial charge in [0.2, 0.25) is 0 Å². The fourth-order valence-electron chi connectivity index (χ4n) is 5.75. The first-order valence-corrected chi connectivity index (χ1v) is 13.2. The molecule has 0 bridgehead atoms. The normalized spacial score (nSPS) is 18.4. The second-order valence-corrected chi connectivity index (χ2v) is 10.6. The van der Waals surface area contributed by atoms with Crippen LogP contribution in [0.3, 0.4) is 0 Å². The quantitative estimate of drug-likeness (QED) is 0.310. The number of hydrogen-bond acceptors (Lipinski definition) is 1. The van der Waals surface area contributed by atoms with Crippen molar-refractivity contribution in [2.45, 2.75) is 78.7 Å². The van der Waals surface area contributed by atoms with Crippen molar-refractivity contribution in [3.8, 4) is 16.9 Å². The van der Waals surface area contributed by atoms with Gasteiger partial charge in [-0.3, -0.25) is 0 Å². The van der Waals surface area contributed by atoms with E-state index < -0.39 is 6.11 Å². The molecule has 1 aliphatic carbocycles. The van der Waals surface area contributed by atoms with Crippen molar-refractivity contribution in [3.05, 3.63) is 99.9 Å². The highest BCUT2D eigenvalue weighted by molar-refractivity contribution is 5.74. The molecule has 0 heterocycles. The van der Waals surface area contributed by atoms with E-state index in [2.05, 4.69) is 34.6 Å². The third-order valence-corrected chi connectivity index (χ3v) is 8.51. The third-order valence-electron chi connectivity index (χ3n) is 8.51. The van der Waals surface area contributed by atoms with Crippen molar-refractivity contribution < 1.29 is 17.9 Å². The van der Waals surface area contributed by atoms with Crippen LogP contribution in [-0.2, 0) is 6.11 Å². The summed E-state index contributed by atoms with van der Waals surface area (Å²) in [6, 6.07) is 13.5. The number of hydrogen-bond donors (Lipinski definition) is 0. The Bertz CT molecular complexity index is 1220. The van der Waals surface area contributed by atoms with Crippen LogP contribution in [0.15, 0.2) is 60.9 Å². The van der Waals surface area contributed by atoms with Crippen LogP contribution in [0.2, 0.25) is 0 Å². The molecule has 37 heavy (non-hydrogen) atoms. The first kappa shape index (κ1) is 27.0. The Kier molecular flexibility index (Phi) is 8.16. The lowest BCUT2D eigenvalue weighted by molar-refractivity contribution is -0.185. The highest BCUT2D eigenvalue weighted by Crippen LogP contribution is 2.39. The fourth-order valence-corrected chi connectivity index (χ4v) is 5.75. The van der Waals surface area contributed by atoms with E-state index in [1.165, 1.54) is 39.9 Å². The van der Waals surface area contributed by atoms with Crippen molar-refractivity contribution in [1.82, 2.24) is 0 Å². The average Bonchev–Trinajstić information content (AvgIpc) is 2.90. The minimum Gasteiger partial charge on any atom is -0.429 e. The molecule has 0 unspecified atom stereocenters. The highest BCUT2D eigenvalue weighted by atomic mass is 19.3. The minimum atomic E-state index is -3.44. The largest absolute Gasteiger partial charge is 0.429 e. The van der Waals surface area contributed by atoms with Crippen LogP contribution in [0.5, 0.6) is 5.75 Å². The monoisotopic (exact) mass is 506 g/mol. The molecule has 1 nitrogen and oxygen atoms in total. The Morgan fingerprint density at radius 3 is 1.84 bits per heavy atom. The second-order valence-electron chi connectivity index (χ2n) is 10.6. The van der Waals surface area contributed by atoms with Crippen molar-refractivity contribution in [2.24, 2.45) is 5.92 Å². The van der Waals surface area contributed by atoms with E-state index in [0.29, 0.717) is 18.2 Å². The van der Waals surface area contributed by atoms with E-state index in [1.807, 2.05) is 12.1 Å². The lowest BCUT2D eigenvalue weighted by atomic mass is 9.77. The van der Waals surface area contributed by atoms with Crippen LogP contribution in [0.25, 0.3) is 11.1 Å². The zero-order valence-electron chi connectivity index (χ0n) is 22.5. The molecular formula is C33H37F3O. The molecule has 1 aliphatic rings. The highest BCUT2D eigenvalue weighted by Gasteiger charge is 2.34. The van der Waals surface area contributed by atoms with Gasteiger partial charge in [0.05, 0.1) is 11.9 Å². The average molecular weight is 507 g/mol. The van der Waals surface area contributed by atoms with Gasteiger partial charge in [0.25, 0.3) is 0 Å². The molecule has 0 spiro atoms. The number of alkyl halides is 2. The molecule has 0 N–H and O–H groups in total. The maximum Gasteiger partial charge on any atom is 0.426 e. The molecule has 196 valence electrons. The van der Waals surface area contributed by atoms with Gasteiger partial charge in [0.1, 0.15) is 5.75 Å². The Morgan fingerprint density at radius 2 is 1.30 bits per heavy atom. The predicted molar refractivity (Wildman–Crippen MR) is 146 cm³/mol. The minimum absolute atomic E-state index is 0.149. The maximum atomic E-state index is 15.1. The van der Waals surface area contributed by atoms with Crippen LogP contribution in [0.1, 0.15) is 77.0 Å². The number of allylic oxidation sites excluding steroid dienone is 1. The van der Waals surface area contributed by atoms with E-state index in [0.717, 1.165) is 48.8 Å². The van der Waals surface area contributed by atoms with Gasteiger partial charge in [-0.05, 0) is 147 Å². The van der Waals surface area contributed by atoms with Gasteiger partial charge < -0.3 is 4.74 Å². The van der Waals surface area contributed by atoms with Gasteiger partial charge >= 0.3 is 6.11 Å². The standard InChI is InChI=1S/C33H37F3O/c1-21-22(2)24(4)32(25(5)23(21)3)29-12-16-30(17-13-29)33(35,36)37-31-18-14-28(15-19-31)27-10-8-26(9-11-27)7-6-20-34/h6,12-20,26-27H,7-11H2,1-5H3/b20-6+. The molecule has 1 saturated carbocycles. The molecule has 0 saturated heterocycles. The van der Waals surface area contributed by atoms with Gasteiger partial charge in [0.15, 0.2) is 0 Å². The van der Waals surface area contributed by atoms with Gasteiger partial charge in [0, 0.05) is 0 Å². The lowest BCUT2D eigenvalue weighted by Gasteiger charge is -2.28. The number of rotatable bonds is 7. The molecule has 0 atom stereocenters. The van der Waals surface area contributed by atoms with E-state index in [9.17, 15) is 4.39 Å².